The molecule has 8 saturated carbocycles. The van der Waals surface area contributed by atoms with Crippen molar-refractivity contribution in [1.82, 2.24) is 0 Å². The third-order valence-corrected chi connectivity index (χ3v) is 11.6. The summed E-state index contributed by atoms with van der Waals surface area (Å²) < 4.78 is 0. The van der Waals surface area contributed by atoms with Crippen molar-refractivity contribution in [2.45, 2.75) is 87.9 Å². The summed E-state index contributed by atoms with van der Waals surface area (Å²) in [5.41, 5.74) is 6.89. The van der Waals surface area contributed by atoms with E-state index in [0.717, 1.165) is 46.6 Å². The van der Waals surface area contributed by atoms with Crippen LogP contribution in [0.4, 0.5) is 0 Å². The van der Waals surface area contributed by atoms with E-state index >= 15 is 0 Å². The maximum Gasteiger partial charge on any atom is 0.0684 e. The summed E-state index contributed by atoms with van der Waals surface area (Å²) in [6, 6.07) is 18.6. The number of hydrogen-bond donors (Lipinski definition) is 1. The monoisotopic (exact) mass is 449 g/mol. The molecule has 8 aliphatic carbocycles. The van der Waals surface area contributed by atoms with Gasteiger partial charge in [0.2, 0.25) is 0 Å². The largest absolute Gasteiger partial charge is 0.300 e. The summed E-state index contributed by atoms with van der Waals surface area (Å²) in [5.74, 6) is 5.90. The highest BCUT2D eigenvalue weighted by molar-refractivity contribution is 6.10. The lowest BCUT2D eigenvalue weighted by atomic mass is 9.48. The van der Waals surface area contributed by atoms with Gasteiger partial charge in [0, 0.05) is 11.1 Å². The van der Waals surface area contributed by atoms with Crippen molar-refractivity contribution in [3.63, 3.8) is 0 Å². The molecule has 176 valence electrons. The quantitative estimate of drug-likeness (QED) is 0.457. The Labute approximate surface area is 205 Å². The van der Waals surface area contributed by atoms with Crippen molar-refractivity contribution in [2.75, 3.05) is 0 Å². The van der Waals surface area contributed by atoms with Crippen molar-refractivity contribution in [1.29, 1.82) is 5.41 Å². The Bertz CT molecular complexity index is 960. The zero-order valence-corrected chi connectivity index (χ0v) is 20.6. The van der Waals surface area contributed by atoms with Crippen molar-refractivity contribution in [2.24, 2.45) is 35.5 Å². The van der Waals surface area contributed by atoms with Crippen molar-refractivity contribution < 1.29 is 0 Å². The molecule has 2 aromatic rings. The van der Waals surface area contributed by atoms with Crippen LogP contribution in [0.5, 0.6) is 0 Å². The molecule has 0 aromatic heterocycles. The van der Waals surface area contributed by atoms with Gasteiger partial charge in [-0.25, -0.2) is 0 Å². The van der Waals surface area contributed by atoms with Gasteiger partial charge in [-0.15, -0.1) is 0 Å². The second-order valence-electron chi connectivity index (χ2n) is 13.9. The molecule has 10 rings (SSSR count). The number of hydrogen-bond acceptors (Lipinski definition) is 1. The van der Waals surface area contributed by atoms with Crippen LogP contribution in [-0.2, 0) is 10.8 Å². The first-order chi connectivity index (χ1) is 16.6. The molecule has 8 fully saturated rings. The van der Waals surface area contributed by atoms with Gasteiger partial charge in [0.15, 0.2) is 0 Å². The highest BCUT2D eigenvalue weighted by Gasteiger charge is 2.52. The van der Waals surface area contributed by atoms with Crippen LogP contribution in [0.3, 0.4) is 0 Å². The molecule has 0 amide bonds. The van der Waals surface area contributed by atoms with Gasteiger partial charge >= 0.3 is 0 Å². The van der Waals surface area contributed by atoms with Crippen LogP contribution >= 0.6 is 0 Å². The molecule has 8 aliphatic rings. The van der Waals surface area contributed by atoms with Crippen LogP contribution in [0, 0.1) is 40.9 Å². The smallest absolute Gasteiger partial charge is 0.0684 e. The zero-order valence-electron chi connectivity index (χ0n) is 20.6. The molecule has 34 heavy (non-hydrogen) atoms. The average Bonchev–Trinajstić information content (AvgIpc) is 2.82. The number of nitrogens with one attached hydrogen (secondary N) is 1. The first-order valence-corrected chi connectivity index (χ1v) is 14.4. The van der Waals surface area contributed by atoms with Gasteiger partial charge in [-0.05, 0) is 135 Å². The maximum absolute atomic E-state index is 8.95. The molecule has 1 heteroatoms. The van der Waals surface area contributed by atoms with Crippen LogP contribution < -0.4 is 0 Å². The van der Waals surface area contributed by atoms with E-state index in [1.807, 2.05) is 0 Å². The van der Waals surface area contributed by atoms with E-state index in [2.05, 4.69) is 48.5 Å². The lowest BCUT2D eigenvalue weighted by Gasteiger charge is -2.57. The summed E-state index contributed by atoms with van der Waals surface area (Å²) in [6.45, 7) is 0. The fraction of sp³-hybridized carbons (Fsp3) is 0.606. The van der Waals surface area contributed by atoms with Gasteiger partial charge in [-0.2, -0.15) is 0 Å². The SMILES string of the molecule is N=C(c1ccc(C23CC4CC(CC(C4)C2)C3)cc1)c1ccc(C23CC4CC(CC(C4)C2)C3)cc1. The summed E-state index contributed by atoms with van der Waals surface area (Å²) in [7, 11) is 0. The van der Waals surface area contributed by atoms with Gasteiger partial charge in [-0.1, -0.05) is 48.5 Å². The average molecular weight is 450 g/mol. The molecule has 0 spiro atoms. The molecule has 0 aliphatic heterocycles. The van der Waals surface area contributed by atoms with E-state index < -0.39 is 0 Å². The van der Waals surface area contributed by atoms with Crippen molar-refractivity contribution >= 4 is 5.71 Å². The maximum atomic E-state index is 8.95. The van der Waals surface area contributed by atoms with Crippen molar-refractivity contribution in [3.8, 4) is 0 Å². The highest BCUT2D eigenvalue weighted by Crippen LogP contribution is 2.62. The minimum absolute atomic E-state index is 0.453. The van der Waals surface area contributed by atoms with Gasteiger partial charge in [0.25, 0.3) is 0 Å². The molecule has 0 saturated heterocycles. The zero-order chi connectivity index (χ0) is 22.5. The molecule has 8 bridgehead atoms. The Morgan fingerprint density at radius 1 is 0.471 bits per heavy atom. The third kappa shape index (κ3) is 3.01. The Kier molecular flexibility index (Phi) is 4.23. The lowest BCUT2D eigenvalue weighted by Crippen LogP contribution is -2.48. The topological polar surface area (TPSA) is 23.9 Å². The molecule has 0 unspecified atom stereocenters. The van der Waals surface area contributed by atoms with E-state index in [-0.39, 0.29) is 0 Å². The van der Waals surface area contributed by atoms with E-state index in [1.165, 1.54) is 77.0 Å². The second kappa shape index (κ2) is 7.08. The van der Waals surface area contributed by atoms with Crippen LogP contribution in [-0.4, -0.2) is 5.71 Å². The van der Waals surface area contributed by atoms with E-state index in [4.69, 9.17) is 5.41 Å². The van der Waals surface area contributed by atoms with Gasteiger partial charge in [-0.3, -0.25) is 5.41 Å². The van der Waals surface area contributed by atoms with Gasteiger partial charge in [0.05, 0.1) is 5.71 Å². The molecule has 0 heterocycles. The number of rotatable bonds is 4. The highest BCUT2D eigenvalue weighted by atomic mass is 14.6. The molecule has 1 N–H and O–H groups in total. The minimum Gasteiger partial charge on any atom is -0.300 e. The molecular weight excluding hydrogens is 410 g/mol. The van der Waals surface area contributed by atoms with Crippen LogP contribution in [0.2, 0.25) is 0 Å². The minimum atomic E-state index is 0.453. The molecular formula is C33H39N. The van der Waals surface area contributed by atoms with E-state index in [1.54, 1.807) is 11.1 Å². The summed E-state index contributed by atoms with van der Waals surface area (Å²) in [5, 5.41) is 8.95. The van der Waals surface area contributed by atoms with Crippen LogP contribution in [0.1, 0.15) is 99.3 Å². The predicted molar refractivity (Wildman–Crippen MR) is 139 cm³/mol. The van der Waals surface area contributed by atoms with Crippen molar-refractivity contribution in [3.05, 3.63) is 70.8 Å². The Morgan fingerprint density at radius 3 is 1.00 bits per heavy atom. The first-order valence-electron chi connectivity index (χ1n) is 14.4. The third-order valence-electron chi connectivity index (χ3n) is 11.6. The first kappa shape index (κ1) is 20.3. The molecule has 2 aromatic carbocycles. The standard InChI is InChI=1S/C33H39N/c34-31(27-1-5-29(6-2-27)32-15-21-9-22(16-32)11-23(10-21)17-32)28-3-7-30(8-4-28)33-18-24-12-25(19-33)14-26(13-24)20-33/h1-8,21-26,34H,9-20H2. The predicted octanol–water partition coefficient (Wildman–Crippen LogP) is 8.04. The number of benzene rings is 2. The summed E-state index contributed by atoms with van der Waals surface area (Å²) >= 11 is 0. The van der Waals surface area contributed by atoms with Crippen LogP contribution in [0.15, 0.2) is 48.5 Å². The Balaban J connectivity index is 1.03. The molecule has 1 nitrogen and oxygen atoms in total. The van der Waals surface area contributed by atoms with Gasteiger partial charge < -0.3 is 0 Å². The molecule has 0 atom stereocenters. The molecule has 0 radical (unpaired) electrons. The van der Waals surface area contributed by atoms with E-state index in [0.29, 0.717) is 16.5 Å². The Morgan fingerprint density at radius 2 is 0.735 bits per heavy atom. The van der Waals surface area contributed by atoms with Gasteiger partial charge in [0.1, 0.15) is 0 Å². The Hall–Kier alpha value is -1.89. The fourth-order valence-corrected chi connectivity index (χ4v) is 11.1. The summed E-state index contributed by atoms with van der Waals surface area (Å²) in [6.07, 6.45) is 17.5. The fourth-order valence-electron chi connectivity index (χ4n) is 11.1. The normalized spacial score (nSPS) is 43.4. The lowest BCUT2D eigenvalue weighted by molar-refractivity contribution is -0.00530. The van der Waals surface area contributed by atoms with Crippen LogP contribution in [0.25, 0.3) is 0 Å². The second-order valence-corrected chi connectivity index (χ2v) is 13.9. The van der Waals surface area contributed by atoms with E-state index in [9.17, 15) is 0 Å². The summed E-state index contributed by atoms with van der Waals surface area (Å²) in [4.78, 5) is 0.